The molecule has 0 saturated carbocycles. The summed E-state index contributed by atoms with van der Waals surface area (Å²) in [4.78, 5) is 26.6. The Labute approximate surface area is 216 Å². The Bertz CT molecular complexity index is 1720. The van der Waals surface area contributed by atoms with Gasteiger partial charge < -0.3 is 10.5 Å². The average molecular weight is 543 g/mol. The van der Waals surface area contributed by atoms with Crippen molar-refractivity contribution >= 4 is 9.84 Å². The lowest BCUT2D eigenvalue weighted by atomic mass is 10.1. The summed E-state index contributed by atoms with van der Waals surface area (Å²) in [5.41, 5.74) is 3.80. The number of hydrogen-bond donors (Lipinski definition) is 1. The third-order valence-corrected chi connectivity index (χ3v) is 7.11. The monoisotopic (exact) mass is 542 g/mol. The second kappa shape index (κ2) is 10.7. The molecule has 0 aliphatic heterocycles. The van der Waals surface area contributed by atoms with E-state index >= 15 is 4.39 Å². The van der Waals surface area contributed by atoms with Crippen LogP contribution in [0.4, 0.5) is 8.78 Å². The van der Waals surface area contributed by atoms with Crippen LogP contribution in [0.5, 0.6) is 5.75 Å². The van der Waals surface area contributed by atoms with E-state index in [0.717, 1.165) is 17.0 Å². The van der Waals surface area contributed by atoms with E-state index in [2.05, 4.69) is 5.10 Å². The number of rotatable bonds is 8. The highest BCUT2D eigenvalue weighted by atomic mass is 32.2. The smallest absolute Gasteiger partial charge is 0.352 e. The van der Waals surface area contributed by atoms with E-state index in [1.54, 1.807) is 30.3 Å². The van der Waals surface area contributed by atoms with Crippen LogP contribution >= 0.6 is 0 Å². The molecular weight excluding hydrogens is 518 g/mol. The van der Waals surface area contributed by atoms with Gasteiger partial charge in [0.05, 0.1) is 24.2 Å². The molecule has 1 aromatic heterocycles. The number of methoxy groups -OCH3 is 1. The topological polar surface area (TPSA) is 126 Å². The minimum atomic E-state index is -3.88. The van der Waals surface area contributed by atoms with Crippen LogP contribution in [-0.4, -0.2) is 36.1 Å². The maximum atomic E-state index is 15.2. The summed E-state index contributed by atoms with van der Waals surface area (Å²) in [6, 6.07) is 15.4. The van der Waals surface area contributed by atoms with Crippen molar-refractivity contribution in [3.63, 3.8) is 0 Å². The molecule has 198 valence electrons. The van der Waals surface area contributed by atoms with Gasteiger partial charge in [0.25, 0.3) is 5.56 Å². The van der Waals surface area contributed by atoms with Gasteiger partial charge in [0.1, 0.15) is 11.5 Å². The van der Waals surface area contributed by atoms with Gasteiger partial charge in [-0.3, -0.25) is 4.79 Å². The van der Waals surface area contributed by atoms with Crippen LogP contribution in [0, 0.1) is 11.6 Å². The molecule has 2 N–H and O–H groups in total. The zero-order valence-electron chi connectivity index (χ0n) is 20.5. The maximum absolute atomic E-state index is 15.2. The highest BCUT2D eigenvalue weighted by Crippen LogP contribution is 2.23. The zero-order chi connectivity index (χ0) is 27.6. The molecule has 0 aliphatic carbocycles. The highest BCUT2D eigenvalue weighted by Gasteiger charge is 2.24. The van der Waals surface area contributed by atoms with E-state index < -0.39 is 50.9 Å². The normalized spacial score (nSPS) is 12.3. The van der Waals surface area contributed by atoms with E-state index in [-0.39, 0.29) is 28.4 Å². The van der Waals surface area contributed by atoms with Gasteiger partial charge in [0.2, 0.25) is 0 Å². The molecular formula is C26H24F2N4O5S. The van der Waals surface area contributed by atoms with Crippen molar-refractivity contribution < 1.29 is 21.9 Å². The van der Waals surface area contributed by atoms with E-state index in [1.165, 1.54) is 37.4 Å². The van der Waals surface area contributed by atoms with E-state index in [9.17, 15) is 22.4 Å². The molecule has 4 rings (SSSR count). The van der Waals surface area contributed by atoms with Crippen molar-refractivity contribution in [1.82, 2.24) is 14.3 Å². The summed E-state index contributed by atoms with van der Waals surface area (Å²) in [7, 11) is -2.65. The summed E-state index contributed by atoms with van der Waals surface area (Å²) in [6.45, 7) is -0.210. The summed E-state index contributed by atoms with van der Waals surface area (Å²) in [5.74, 6) is -2.08. The van der Waals surface area contributed by atoms with Gasteiger partial charge in [-0.1, -0.05) is 42.5 Å². The average Bonchev–Trinajstić information content (AvgIpc) is 2.88. The molecule has 38 heavy (non-hydrogen) atoms. The molecule has 1 heterocycles. The van der Waals surface area contributed by atoms with Gasteiger partial charge in [0.15, 0.2) is 21.4 Å². The number of hydrogen-bond acceptors (Lipinski definition) is 7. The fraction of sp³-hybridized carbons (Fsp3) is 0.192. The van der Waals surface area contributed by atoms with Crippen molar-refractivity contribution in [2.45, 2.75) is 23.9 Å². The molecule has 4 aromatic rings. The number of ether oxygens (including phenoxy) is 1. The SMILES string of the molecule is COc1cccc(-n2c(=O)c(Cc3c(F)cccc3S(C)(=O)=O)nn(CC(N)c3ccccc3)c2=O)c1F. The third-order valence-electron chi connectivity index (χ3n) is 5.92. The molecule has 0 amide bonds. The van der Waals surface area contributed by atoms with Gasteiger partial charge in [-0.2, -0.15) is 5.10 Å². The summed E-state index contributed by atoms with van der Waals surface area (Å²) >= 11 is 0. The molecule has 0 radical (unpaired) electrons. The highest BCUT2D eigenvalue weighted by molar-refractivity contribution is 7.90. The summed E-state index contributed by atoms with van der Waals surface area (Å²) < 4.78 is 61.1. The number of nitrogens with zero attached hydrogens (tertiary/aromatic N) is 3. The Morgan fingerprint density at radius 2 is 1.68 bits per heavy atom. The first-order valence-electron chi connectivity index (χ1n) is 11.4. The van der Waals surface area contributed by atoms with Crippen LogP contribution < -0.4 is 21.7 Å². The Balaban J connectivity index is 1.96. The molecule has 12 heteroatoms. The lowest BCUT2D eigenvalue weighted by Gasteiger charge is -2.17. The number of sulfone groups is 1. The maximum Gasteiger partial charge on any atom is 0.352 e. The molecule has 0 saturated heterocycles. The van der Waals surface area contributed by atoms with Gasteiger partial charge >= 0.3 is 5.69 Å². The van der Waals surface area contributed by atoms with Crippen LogP contribution in [0.2, 0.25) is 0 Å². The molecule has 0 bridgehead atoms. The van der Waals surface area contributed by atoms with Crippen molar-refractivity contribution in [2.24, 2.45) is 5.73 Å². The number of halogens is 2. The molecule has 0 fully saturated rings. The second-order valence-electron chi connectivity index (χ2n) is 8.53. The van der Waals surface area contributed by atoms with Gasteiger partial charge in [0, 0.05) is 24.3 Å². The molecule has 3 aromatic carbocycles. The predicted molar refractivity (Wildman–Crippen MR) is 136 cm³/mol. The quantitative estimate of drug-likeness (QED) is 0.362. The predicted octanol–water partition coefficient (Wildman–Crippen LogP) is 2.38. The first-order valence-corrected chi connectivity index (χ1v) is 13.3. The Morgan fingerprint density at radius 3 is 2.34 bits per heavy atom. The Kier molecular flexibility index (Phi) is 7.56. The zero-order valence-corrected chi connectivity index (χ0v) is 21.3. The minimum Gasteiger partial charge on any atom is -0.494 e. The standard InChI is InChI=1S/C26H24F2N4O5S/c1-37-22-12-7-11-21(24(22)28)32-25(33)20(14-17-18(27)10-6-13-23(17)38(2,35)36)30-31(26(32)34)15-19(29)16-8-4-3-5-9-16/h3-13,19H,14-15,29H2,1-2H3. The van der Waals surface area contributed by atoms with Crippen LogP contribution in [0.25, 0.3) is 5.69 Å². The Morgan fingerprint density at radius 1 is 1.00 bits per heavy atom. The van der Waals surface area contributed by atoms with Crippen LogP contribution in [0.15, 0.2) is 81.2 Å². The Hall–Kier alpha value is -4.16. The van der Waals surface area contributed by atoms with Crippen LogP contribution in [0.3, 0.4) is 0 Å². The molecule has 1 unspecified atom stereocenters. The second-order valence-corrected chi connectivity index (χ2v) is 10.5. The van der Waals surface area contributed by atoms with Crippen molar-refractivity contribution in [3.05, 3.63) is 116 Å². The number of aromatic nitrogens is 3. The number of nitrogens with two attached hydrogens (primary N) is 1. The van der Waals surface area contributed by atoms with E-state index in [4.69, 9.17) is 10.5 Å². The van der Waals surface area contributed by atoms with Gasteiger partial charge in [-0.15, -0.1) is 0 Å². The molecule has 0 spiro atoms. The van der Waals surface area contributed by atoms with Crippen LogP contribution in [-0.2, 0) is 22.8 Å². The van der Waals surface area contributed by atoms with Crippen molar-refractivity contribution in [2.75, 3.05) is 13.4 Å². The lowest BCUT2D eigenvalue weighted by molar-refractivity contribution is 0.384. The van der Waals surface area contributed by atoms with Crippen molar-refractivity contribution in [1.29, 1.82) is 0 Å². The largest absolute Gasteiger partial charge is 0.494 e. The number of benzene rings is 3. The summed E-state index contributed by atoms with van der Waals surface area (Å²) in [6.07, 6.45) is 0.322. The fourth-order valence-electron chi connectivity index (χ4n) is 4.05. The van der Waals surface area contributed by atoms with Crippen LogP contribution in [0.1, 0.15) is 22.9 Å². The minimum absolute atomic E-state index is 0.210. The molecule has 9 nitrogen and oxygen atoms in total. The first kappa shape index (κ1) is 26.9. The van der Waals surface area contributed by atoms with E-state index in [0.29, 0.717) is 10.1 Å². The van der Waals surface area contributed by atoms with Gasteiger partial charge in [-0.25, -0.2) is 31.2 Å². The summed E-state index contributed by atoms with van der Waals surface area (Å²) in [5, 5.41) is 4.13. The fourth-order valence-corrected chi connectivity index (χ4v) is 4.99. The first-order chi connectivity index (χ1) is 18.0. The lowest BCUT2D eigenvalue weighted by Crippen LogP contribution is -2.44. The third kappa shape index (κ3) is 5.27. The molecule has 0 aliphatic rings. The van der Waals surface area contributed by atoms with Crippen molar-refractivity contribution in [3.8, 4) is 11.4 Å². The van der Waals surface area contributed by atoms with Gasteiger partial charge in [-0.05, 0) is 29.8 Å². The van der Waals surface area contributed by atoms with E-state index in [1.807, 2.05) is 0 Å². The molecule has 1 atom stereocenters.